The van der Waals surface area contributed by atoms with Crippen LogP contribution in [-0.4, -0.2) is 87.4 Å². The number of carboxylic acids is 1. The molecule has 0 aromatic rings. The van der Waals surface area contributed by atoms with Gasteiger partial charge in [-0.3, -0.25) is 9.59 Å². The molecule has 0 aromatic carbocycles. The molecular weight excluding hydrogens is 887 g/mol. The Hall–Kier alpha value is -4.05. The second-order valence-corrected chi connectivity index (χ2v) is 19.5. The number of quaternary nitrogens is 1. The molecule has 1 N–H and O–H groups in total. The van der Waals surface area contributed by atoms with Crippen molar-refractivity contribution in [1.29, 1.82) is 0 Å². The maximum absolute atomic E-state index is 12.8. The Morgan fingerprint density at radius 2 is 0.789 bits per heavy atom. The number of likely N-dealkylation sites (N-methyl/N-ethyl adjacent to an activating group) is 1. The molecule has 0 amide bonds. The Morgan fingerprint density at radius 1 is 0.423 bits per heavy atom. The largest absolute Gasteiger partial charge is 0.477 e. The van der Waals surface area contributed by atoms with Gasteiger partial charge in [0.25, 0.3) is 6.29 Å². The first-order valence-corrected chi connectivity index (χ1v) is 28.1. The number of carboxylic acid groups (broad SMARTS) is 1. The lowest BCUT2D eigenvalue weighted by Crippen LogP contribution is -2.40. The first-order valence-electron chi connectivity index (χ1n) is 28.1. The molecule has 0 fully saturated rings. The molecule has 0 heterocycles. The fourth-order valence-electron chi connectivity index (χ4n) is 7.29. The van der Waals surface area contributed by atoms with E-state index in [1.165, 1.54) is 89.9 Å². The summed E-state index contributed by atoms with van der Waals surface area (Å²) in [7, 11) is 5.94. The molecule has 0 aliphatic rings. The number of rotatable bonds is 50. The summed E-state index contributed by atoms with van der Waals surface area (Å²) in [5.41, 5.74) is 0. The number of aliphatic carboxylic acids is 1. The number of ether oxygens (including phenoxy) is 4. The minimum atomic E-state index is -1.53. The number of carbonyl (C=O) groups excluding carboxylic acids is 2. The van der Waals surface area contributed by atoms with Gasteiger partial charge < -0.3 is 28.5 Å². The van der Waals surface area contributed by atoms with Crippen LogP contribution in [0.3, 0.4) is 0 Å². The van der Waals surface area contributed by atoms with Crippen molar-refractivity contribution in [1.82, 2.24) is 0 Å². The standard InChI is InChI=1S/C62H103NO8/c1-6-8-10-12-14-16-18-20-21-22-23-24-25-26-27-28-29-30-31-32-33-34-35-36-37-38-39-41-43-45-47-49-51-53-60(65)71-58(57-70-62(61(66)67)68-55-54-63(3,4)5)56-69-59(64)52-50-48-46-44-42-40-19-17-15-13-11-9-7-2/h8-11,14-17,20-21,23-24,26-27,40,42,46,48,58,62H,6-7,12-13,18-19,22,25,28-39,41,43-45,47,49-57H2,1-5H3/p+1/b10-8-,11-9-,16-14-,17-15-,21-20-,24-23-,27-26-,42-40-,48-46-. The lowest BCUT2D eigenvalue weighted by Gasteiger charge is -2.25. The number of nitrogens with zero attached hydrogens (tertiary/aromatic N) is 1. The molecule has 0 saturated carbocycles. The maximum atomic E-state index is 12.8. The lowest BCUT2D eigenvalue weighted by atomic mass is 10.0. The van der Waals surface area contributed by atoms with Crippen LogP contribution in [0.4, 0.5) is 0 Å². The molecule has 0 aliphatic carbocycles. The number of hydrogen-bond donors (Lipinski definition) is 1. The summed E-state index contributed by atoms with van der Waals surface area (Å²) < 4.78 is 22.7. The van der Waals surface area contributed by atoms with Crippen LogP contribution in [-0.2, 0) is 33.3 Å². The van der Waals surface area contributed by atoms with E-state index < -0.39 is 30.3 Å². The summed E-state index contributed by atoms with van der Waals surface area (Å²) >= 11 is 0. The Labute approximate surface area is 434 Å². The normalized spacial score (nSPS) is 13.6. The third kappa shape index (κ3) is 53.6. The summed E-state index contributed by atoms with van der Waals surface area (Å²) in [4.78, 5) is 37.2. The number of hydrogen-bond acceptors (Lipinski definition) is 7. The van der Waals surface area contributed by atoms with Crippen molar-refractivity contribution in [2.24, 2.45) is 0 Å². The number of carbonyl (C=O) groups is 3. The van der Waals surface area contributed by atoms with Crippen LogP contribution < -0.4 is 0 Å². The van der Waals surface area contributed by atoms with Crippen molar-refractivity contribution >= 4 is 17.9 Å². The van der Waals surface area contributed by atoms with Crippen LogP contribution in [0.5, 0.6) is 0 Å². The zero-order valence-corrected chi connectivity index (χ0v) is 45.8. The zero-order valence-electron chi connectivity index (χ0n) is 45.8. The molecule has 0 aromatic heterocycles. The summed E-state index contributed by atoms with van der Waals surface area (Å²) in [6.45, 7) is 4.55. The topological polar surface area (TPSA) is 108 Å². The van der Waals surface area contributed by atoms with Crippen molar-refractivity contribution in [3.63, 3.8) is 0 Å². The van der Waals surface area contributed by atoms with Gasteiger partial charge in [-0.05, 0) is 83.5 Å². The quantitative estimate of drug-likeness (QED) is 0.0211. The number of esters is 2. The van der Waals surface area contributed by atoms with Crippen LogP contribution in [0.1, 0.15) is 206 Å². The van der Waals surface area contributed by atoms with E-state index in [1.54, 1.807) is 0 Å². The van der Waals surface area contributed by atoms with E-state index in [4.69, 9.17) is 18.9 Å². The Kier molecular flexibility index (Phi) is 49.3. The predicted octanol–water partition coefficient (Wildman–Crippen LogP) is 16.3. The van der Waals surface area contributed by atoms with E-state index in [0.29, 0.717) is 23.9 Å². The lowest BCUT2D eigenvalue weighted by molar-refractivity contribution is -0.870. The Bertz CT molecular complexity index is 1530. The van der Waals surface area contributed by atoms with Gasteiger partial charge in [0.1, 0.15) is 13.2 Å². The molecule has 2 unspecified atom stereocenters. The van der Waals surface area contributed by atoms with Gasteiger partial charge in [0.15, 0.2) is 6.10 Å². The monoisotopic (exact) mass is 991 g/mol. The first kappa shape index (κ1) is 67.0. The molecule has 71 heavy (non-hydrogen) atoms. The molecular formula is C62H104NO8+. The fraction of sp³-hybridized carbons (Fsp3) is 0.661. The predicted molar refractivity (Wildman–Crippen MR) is 299 cm³/mol. The van der Waals surface area contributed by atoms with Crippen molar-refractivity contribution in [2.45, 2.75) is 219 Å². The van der Waals surface area contributed by atoms with Crippen molar-refractivity contribution in [3.8, 4) is 0 Å². The van der Waals surface area contributed by atoms with Gasteiger partial charge in [0, 0.05) is 12.8 Å². The van der Waals surface area contributed by atoms with Gasteiger partial charge in [0.05, 0.1) is 34.4 Å². The second kappa shape index (κ2) is 52.3. The van der Waals surface area contributed by atoms with E-state index >= 15 is 0 Å². The maximum Gasteiger partial charge on any atom is 0.361 e. The average molecular weight is 992 g/mol. The Balaban J connectivity index is 4.16. The minimum absolute atomic E-state index is 0.173. The highest BCUT2D eigenvalue weighted by Crippen LogP contribution is 2.16. The molecule has 9 nitrogen and oxygen atoms in total. The molecule has 9 heteroatoms. The molecule has 404 valence electrons. The van der Waals surface area contributed by atoms with Gasteiger partial charge in [-0.1, -0.05) is 220 Å². The average Bonchev–Trinajstić information content (AvgIpc) is 3.34. The van der Waals surface area contributed by atoms with E-state index in [0.717, 1.165) is 77.0 Å². The summed E-state index contributed by atoms with van der Waals surface area (Å²) in [5.74, 6) is -2.12. The summed E-state index contributed by atoms with van der Waals surface area (Å²) in [6.07, 6.45) is 69.2. The van der Waals surface area contributed by atoms with Gasteiger partial charge in [-0.15, -0.1) is 0 Å². The van der Waals surface area contributed by atoms with E-state index in [9.17, 15) is 19.5 Å². The number of unbranched alkanes of at least 4 members (excludes halogenated alkanes) is 17. The molecule has 0 rings (SSSR count). The molecule has 0 spiro atoms. The SMILES string of the molecule is CC/C=C\C/C=C\C/C=C\C/C=C\C/C=C\CCCCCCCCCCCCCCCCCCCC(=O)OC(COC(=O)CC/C=C\C/C=C\C/C=C\C/C=C\CC)COC(OCC[N+](C)(C)C)C(=O)O. The van der Waals surface area contributed by atoms with Crippen LogP contribution in [0.25, 0.3) is 0 Å². The first-order chi connectivity index (χ1) is 34.6. The van der Waals surface area contributed by atoms with Gasteiger partial charge in [-0.25, -0.2) is 4.79 Å². The van der Waals surface area contributed by atoms with E-state index in [1.807, 2.05) is 33.3 Å². The van der Waals surface area contributed by atoms with Gasteiger partial charge in [0.2, 0.25) is 0 Å². The summed E-state index contributed by atoms with van der Waals surface area (Å²) in [6, 6.07) is 0. The molecule has 2 atom stereocenters. The van der Waals surface area contributed by atoms with Crippen LogP contribution in [0.2, 0.25) is 0 Å². The molecule has 0 radical (unpaired) electrons. The summed E-state index contributed by atoms with van der Waals surface area (Å²) in [5, 5.41) is 9.67. The van der Waals surface area contributed by atoms with E-state index in [-0.39, 0.29) is 32.7 Å². The third-order valence-corrected chi connectivity index (χ3v) is 11.5. The second-order valence-electron chi connectivity index (χ2n) is 19.5. The third-order valence-electron chi connectivity index (χ3n) is 11.5. The van der Waals surface area contributed by atoms with Gasteiger partial charge >= 0.3 is 17.9 Å². The zero-order chi connectivity index (χ0) is 52.0. The molecule has 0 bridgehead atoms. The minimum Gasteiger partial charge on any atom is -0.477 e. The van der Waals surface area contributed by atoms with Crippen LogP contribution in [0, 0.1) is 0 Å². The van der Waals surface area contributed by atoms with Gasteiger partial charge in [-0.2, -0.15) is 0 Å². The van der Waals surface area contributed by atoms with Crippen molar-refractivity contribution in [2.75, 3.05) is 47.5 Å². The molecule has 0 saturated heterocycles. The van der Waals surface area contributed by atoms with Crippen LogP contribution >= 0.6 is 0 Å². The highest BCUT2D eigenvalue weighted by molar-refractivity contribution is 5.71. The smallest absolute Gasteiger partial charge is 0.361 e. The Morgan fingerprint density at radius 3 is 1.18 bits per heavy atom. The van der Waals surface area contributed by atoms with Crippen molar-refractivity contribution < 1.29 is 42.9 Å². The molecule has 0 aliphatic heterocycles. The van der Waals surface area contributed by atoms with Crippen molar-refractivity contribution in [3.05, 3.63) is 109 Å². The van der Waals surface area contributed by atoms with E-state index in [2.05, 4.69) is 111 Å². The van der Waals surface area contributed by atoms with Crippen LogP contribution in [0.15, 0.2) is 109 Å². The fourth-order valence-corrected chi connectivity index (χ4v) is 7.29. The highest BCUT2D eigenvalue weighted by atomic mass is 16.7. The highest BCUT2D eigenvalue weighted by Gasteiger charge is 2.25. The number of allylic oxidation sites excluding steroid dienone is 18.